The molecule has 4 heterocycles. The van der Waals surface area contributed by atoms with E-state index in [9.17, 15) is 18.5 Å². The van der Waals surface area contributed by atoms with Crippen molar-refractivity contribution < 1.29 is 13.3 Å². The predicted octanol–water partition coefficient (Wildman–Crippen LogP) is 1.96. The molecule has 0 N–H and O–H groups in total. The number of pyridine rings is 1. The van der Waals surface area contributed by atoms with E-state index in [0.717, 1.165) is 24.3 Å². The highest BCUT2D eigenvalue weighted by Gasteiger charge is 2.32. The number of piperidine rings is 1. The summed E-state index contributed by atoms with van der Waals surface area (Å²) in [6.07, 6.45) is 3.49. The summed E-state index contributed by atoms with van der Waals surface area (Å²) in [5, 5.41) is 20.5. The molecule has 2 aliphatic heterocycles. The first-order valence-corrected chi connectivity index (χ1v) is 12.8. The standard InChI is InChI=1S/C22H27N7O4S/c1-25-12-14-27(15-13-25)34(32,33)18-5-6-19(20(16-18)29(30)31)26-10-7-17(8-11-26)22-24-23-21-4-2-3-9-28(21)22/h2-6,9,16-17H,7-8,10-15H2,1H3. The van der Waals surface area contributed by atoms with Crippen molar-refractivity contribution in [3.05, 3.63) is 58.5 Å². The Labute approximate surface area is 197 Å². The Morgan fingerprint density at radius 1 is 1.00 bits per heavy atom. The third kappa shape index (κ3) is 4.12. The Morgan fingerprint density at radius 3 is 2.44 bits per heavy atom. The van der Waals surface area contributed by atoms with Gasteiger partial charge in [-0.05, 0) is 44.2 Å². The molecule has 3 aromatic rings. The number of sulfonamides is 1. The van der Waals surface area contributed by atoms with Crippen LogP contribution in [0.5, 0.6) is 0 Å². The molecule has 180 valence electrons. The lowest BCUT2D eigenvalue weighted by Gasteiger charge is -2.33. The van der Waals surface area contributed by atoms with Crippen LogP contribution in [0.15, 0.2) is 47.5 Å². The number of nitro benzene ring substituents is 1. The average molecular weight is 486 g/mol. The van der Waals surface area contributed by atoms with Gasteiger partial charge >= 0.3 is 0 Å². The number of nitro groups is 1. The van der Waals surface area contributed by atoms with Gasteiger partial charge in [-0.15, -0.1) is 10.2 Å². The van der Waals surface area contributed by atoms with Crippen LogP contribution in [0.2, 0.25) is 0 Å². The lowest BCUT2D eigenvalue weighted by Crippen LogP contribution is -2.47. The molecule has 0 amide bonds. The first kappa shape index (κ1) is 22.7. The summed E-state index contributed by atoms with van der Waals surface area (Å²) in [5.41, 5.74) is 1.07. The minimum atomic E-state index is -3.78. The van der Waals surface area contributed by atoms with Crippen LogP contribution >= 0.6 is 0 Å². The second-order valence-electron chi connectivity index (χ2n) is 8.86. The molecule has 0 spiro atoms. The van der Waals surface area contributed by atoms with Crippen molar-refractivity contribution in [2.45, 2.75) is 23.7 Å². The van der Waals surface area contributed by atoms with Crippen molar-refractivity contribution in [2.24, 2.45) is 0 Å². The monoisotopic (exact) mass is 485 g/mol. The van der Waals surface area contributed by atoms with E-state index < -0.39 is 14.9 Å². The molecule has 0 saturated carbocycles. The van der Waals surface area contributed by atoms with E-state index in [-0.39, 0.29) is 16.5 Å². The number of benzene rings is 1. The van der Waals surface area contributed by atoms with Gasteiger partial charge in [0, 0.05) is 57.4 Å². The van der Waals surface area contributed by atoms with Crippen LogP contribution in [0.25, 0.3) is 5.65 Å². The molecule has 11 nitrogen and oxygen atoms in total. The maximum absolute atomic E-state index is 13.1. The maximum Gasteiger partial charge on any atom is 0.293 e. The normalized spacial score (nSPS) is 19.0. The van der Waals surface area contributed by atoms with Crippen LogP contribution in [-0.4, -0.2) is 83.5 Å². The summed E-state index contributed by atoms with van der Waals surface area (Å²) in [6, 6.07) is 10.1. The minimum absolute atomic E-state index is 0.0303. The fourth-order valence-corrected chi connectivity index (χ4v) is 6.21. The van der Waals surface area contributed by atoms with Gasteiger partial charge in [-0.3, -0.25) is 14.5 Å². The SMILES string of the molecule is CN1CCN(S(=O)(=O)c2ccc(N3CCC(c4nnc5ccccn45)CC3)c([N+](=O)[O-])c2)CC1. The van der Waals surface area contributed by atoms with Gasteiger partial charge in [0.05, 0.1) is 9.82 Å². The number of hydrogen-bond acceptors (Lipinski definition) is 8. The van der Waals surface area contributed by atoms with Crippen molar-refractivity contribution in [1.29, 1.82) is 0 Å². The second-order valence-corrected chi connectivity index (χ2v) is 10.8. The highest BCUT2D eigenvalue weighted by molar-refractivity contribution is 7.89. The molecule has 0 bridgehead atoms. The Bertz CT molecular complexity index is 1310. The Kier molecular flexibility index (Phi) is 5.96. The highest BCUT2D eigenvalue weighted by Crippen LogP contribution is 2.36. The van der Waals surface area contributed by atoms with Crippen molar-refractivity contribution in [3.8, 4) is 0 Å². The quantitative estimate of drug-likeness (QED) is 0.398. The van der Waals surface area contributed by atoms with Crippen LogP contribution in [0.4, 0.5) is 11.4 Å². The van der Waals surface area contributed by atoms with Gasteiger partial charge in [0.25, 0.3) is 5.69 Å². The van der Waals surface area contributed by atoms with Gasteiger partial charge in [0.15, 0.2) is 5.65 Å². The van der Waals surface area contributed by atoms with Crippen molar-refractivity contribution >= 4 is 27.0 Å². The topological polar surface area (TPSA) is 117 Å². The molecule has 1 aromatic carbocycles. The number of likely N-dealkylation sites (N-methyl/N-ethyl adjacent to an activating group) is 1. The van der Waals surface area contributed by atoms with E-state index in [1.807, 2.05) is 40.7 Å². The van der Waals surface area contributed by atoms with E-state index in [2.05, 4.69) is 15.1 Å². The molecule has 34 heavy (non-hydrogen) atoms. The van der Waals surface area contributed by atoms with Crippen molar-refractivity contribution in [2.75, 3.05) is 51.2 Å². The molecule has 0 atom stereocenters. The van der Waals surface area contributed by atoms with Crippen LogP contribution in [0.1, 0.15) is 24.6 Å². The Morgan fingerprint density at radius 2 is 1.74 bits per heavy atom. The molecular weight excluding hydrogens is 458 g/mol. The average Bonchev–Trinajstić information content (AvgIpc) is 3.28. The molecular formula is C22H27N7O4S. The first-order chi connectivity index (χ1) is 16.3. The fraction of sp³-hybridized carbons (Fsp3) is 0.455. The Balaban J connectivity index is 1.35. The number of rotatable bonds is 5. The molecule has 0 unspecified atom stereocenters. The molecule has 12 heteroatoms. The number of nitrogens with zero attached hydrogens (tertiary/aromatic N) is 7. The number of anilines is 1. The number of hydrogen-bond donors (Lipinski definition) is 0. The number of aromatic nitrogens is 3. The molecule has 2 fully saturated rings. The summed E-state index contributed by atoms with van der Waals surface area (Å²) in [7, 11) is -1.84. The van der Waals surface area contributed by atoms with Gasteiger partial charge in [-0.25, -0.2) is 8.42 Å². The highest BCUT2D eigenvalue weighted by atomic mass is 32.2. The molecule has 0 radical (unpaired) electrons. The summed E-state index contributed by atoms with van der Waals surface area (Å²) in [5.74, 6) is 1.10. The minimum Gasteiger partial charge on any atom is -0.366 e. The van der Waals surface area contributed by atoms with Gasteiger partial charge in [0.1, 0.15) is 11.5 Å². The van der Waals surface area contributed by atoms with Gasteiger partial charge in [-0.1, -0.05) is 6.07 Å². The zero-order chi connectivity index (χ0) is 23.9. The number of piperazine rings is 1. The van der Waals surface area contributed by atoms with E-state index in [1.54, 1.807) is 6.07 Å². The Hall–Kier alpha value is -3.09. The molecule has 0 aliphatic carbocycles. The van der Waals surface area contributed by atoms with Gasteiger partial charge in [0.2, 0.25) is 10.0 Å². The first-order valence-electron chi connectivity index (χ1n) is 11.4. The van der Waals surface area contributed by atoms with Gasteiger partial charge in [-0.2, -0.15) is 4.31 Å². The lowest BCUT2D eigenvalue weighted by atomic mass is 9.95. The van der Waals surface area contributed by atoms with E-state index in [1.165, 1.54) is 16.4 Å². The zero-order valence-electron chi connectivity index (χ0n) is 18.9. The summed E-state index contributed by atoms with van der Waals surface area (Å²) in [6.45, 7) is 3.24. The molecule has 2 aromatic heterocycles. The fourth-order valence-electron chi connectivity index (χ4n) is 4.77. The van der Waals surface area contributed by atoms with E-state index in [0.29, 0.717) is 45.0 Å². The van der Waals surface area contributed by atoms with Crippen LogP contribution < -0.4 is 4.90 Å². The largest absolute Gasteiger partial charge is 0.366 e. The molecule has 5 rings (SSSR count). The smallest absolute Gasteiger partial charge is 0.293 e. The van der Waals surface area contributed by atoms with Gasteiger partial charge < -0.3 is 9.80 Å². The van der Waals surface area contributed by atoms with Crippen LogP contribution in [-0.2, 0) is 10.0 Å². The second kappa shape index (κ2) is 8.93. The van der Waals surface area contributed by atoms with Crippen LogP contribution in [0.3, 0.4) is 0 Å². The van der Waals surface area contributed by atoms with Crippen molar-refractivity contribution in [1.82, 2.24) is 23.8 Å². The summed E-state index contributed by atoms with van der Waals surface area (Å²) in [4.78, 5) is 15.4. The van der Waals surface area contributed by atoms with E-state index in [4.69, 9.17) is 0 Å². The summed E-state index contributed by atoms with van der Waals surface area (Å²) >= 11 is 0. The van der Waals surface area contributed by atoms with Crippen molar-refractivity contribution in [3.63, 3.8) is 0 Å². The summed E-state index contributed by atoms with van der Waals surface area (Å²) < 4.78 is 29.6. The lowest BCUT2D eigenvalue weighted by molar-refractivity contribution is -0.384. The van der Waals surface area contributed by atoms with E-state index >= 15 is 0 Å². The molecule has 2 aliphatic rings. The third-order valence-corrected chi connectivity index (χ3v) is 8.68. The number of fused-ring (bicyclic) bond motifs is 1. The maximum atomic E-state index is 13.1. The zero-order valence-corrected chi connectivity index (χ0v) is 19.8. The van der Waals surface area contributed by atoms with Crippen LogP contribution in [0, 0.1) is 10.1 Å². The predicted molar refractivity (Wildman–Crippen MR) is 127 cm³/mol. The third-order valence-electron chi connectivity index (χ3n) is 6.78. The molecule has 2 saturated heterocycles.